The molecule has 17 heavy (non-hydrogen) atoms. The first-order chi connectivity index (χ1) is 7.96. The summed E-state index contributed by atoms with van der Waals surface area (Å²) in [5.74, 6) is -0.873. The average Bonchev–Trinajstić information content (AvgIpc) is 3.06. The molecule has 0 aromatic carbocycles. The van der Waals surface area contributed by atoms with Crippen molar-refractivity contribution in [1.82, 2.24) is 4.90 Å². The Kier molecular flexibility index (Phi) is 4.28. The van der Waals surface area contributed by atoms with Gasteiger partial charge in [0.1, 0.15) is 11.2 Å². The van der Waals surface area contributed by atoms with Crippen LogP contribution in [0.15, 0.2) is 11.8 Å². The molecule has 0 heterocycles. The molecular formula is C12H19NO4. The normalized spacial score (nSPS) is 17.5. The largest absolute Gasteiger partial charge is 0.462 e. The lowest BCUT2D eigenvalue weighted by atomic mass is 10.1. The van der Waals surface area contributed by atoms with Crippen LogP contribution in [0.5, 0.6) is 0 Å². The van der Waals surface area contributed by atoms with Gasteiger partial charge >= 0.3 is 5.97 Å². The van der Waals surface area contributed by atoms with Gasteiger partial charge in [-0.2, -0.15) is 0 Å². The van der Waals surface area contributed by atoms with E-state index in [1.807, 2.05) is 0 Å². The number of esters is 1. The summed E-state index contributed by atoms with van der Waals surface area (Å²) in [5.41, 5.74) is -0.745. The van der Waals surface area contributed by atoms with Gasteiger partial charge in [-0.3, -0.25) is 4.79 Å². The molecule has 1 rings (SSSR count). The van der Waals surface area contributed by atoms with E-state index in [0.717, 1.165) is 0 Å². The first kappa shape index (κ1) is 13.7. The summed E-state index contributed by atoms with van der Waals surface area (Å²) in [6.45, 7) is 1.95. The van der Waals surface area contributed by atoms with Gasteiger partial charge in [-0.25, -0.2) is 4.79 Å². The molecule has 1 aliphatic rings. The highest BCUT2D eigenvalue weighted by Gasteiger charge is 2.52. The summed E-state index contributed by atoms with van der Waals surface area (Å²) in [4.78, 5) is 25.6. The highest BCUT2D eigenvalue weighted by Crippen LogP contribution is 2.41. The average molecular weight is 241 g/mol. The van der Waals surface area contributed by atoms with Crippen molar-refractivity contribution in [1.29, 1.82) is 0 Å². The lowest BCUT2D eigenvalue weighted by Gasteiger charge is -2.15. The van der Waals surface area contributed by atoms with Crippen LogP contribution in [0.2, 0.25) is 0 Å². The van der Waals surface area contributed by atoms with Gasteiger partial charge in [0.15, 0.2) is 0 Å². The Hall–Kier alpha value is -1.36. The molecule has 0 atom stereocenters. The van der Waals surface area contributed by atoms with Gasteiger partial charge < -0.3 is 14.4 Å². The second-order valence-corrected chi connectivity index (χ2v) is 4.25. The Morgan fingerprint density at radius 2 is 1.94 bits per heavy atom. The Bertz CT molecular complexity index is 342. The van der Waals surface area contributed by atoms with Gasteiger partial charge in [0.2, 0.25) is 5.78 Å². The third kappa shape index (κ3) is 3.06. The molecule has 0 spiro atoms. The molecule has 0 saturated heterocycles. The Labute approximate surface area is 101 Å². The van der Waals surface area contributed by atoms with Crippen molar-refractivity contribution < 1.29 is 19.1 Å². The van der Waals surface area contributed by atoms with Gasteiger partial charge in [-0.05, 0) is 19.8 Å². The zero-order chi connectivity index (χ0) is 13.1. The van der Waals surface area contributed by atoms with Crippen molar-refractivity contribution in [2.45, 2.75) is 25.4 Å². The quantitative estimate of drug-likeness (QED) is 0.297. The maximum Gasteiger partial charge on any atom is 0.343 e. The van der Waals surface area contributed by atoms with E-state index >= 15 is 0 Å². The van der Waals surface area contributed by atoms with Gasteiger partial charge in [0, 0.05) is 27.4 Å². The monoisotopic (exact) mass is 241 g/mol. The SMILES string of the molecule is CCOC(=O)/C(=C\N(C)C)C(=O)C1(OC)CC1. The summed E-state index contributed by atoms with van der Waals surface area (Å²) < 4.78 is 10.1. The van der Waals surface area contributed by atoms with Crippen molar-refractivity contribution in [3.05, 3.63) is 11.8 Å². The molecule has 1 fully saturated rings. The summed E-state index contributed by atoms with van der Waals surface area (Å²) in [6, 6.07) is 0. The Morgan fingerprint density at radius 1 is 1.35 bits per heavy atom. The maximum atomic E-state index is 12.2. The second kappa shape index (κ2) is 5.31. The number of Topliss-reactive ketones (excluding diaryl/α,β-unsaturated/α-hetero) is 1. The lowest BCUT2D eigenvalue weighted by Crippen LogP contribution is -2.31. The number of hydrogen-bond donors (Lipinski definition) is 0. The molecule has 96 valence electrons. The zero-order valence-corrected chi connectivity index (χ0v) is 10.8. The number of carbonyl (C=O) groups excluding carboxylic acids is 2. The van der Waals surface area contributed by atoms with E-state index in [9.17, 15) is 9.59 Å². The van der Waals surface area contributed by atoms with E-state index in [-0.39, 0.29) is 18.0 Å². The van der Waals surface area contributed by atoms with Gasteiger partial charge in [0.05, 0.1) is 6.61 Å². The van der Waals surface area contributed by atoms with Crippen LogP contribution in [-0.2, 0) is 19.1 Å². The lowest BCUT2D eigenvalue weighted by molar-refractivity contribution is -0.142. The third-order valence-corrected chi connectivity index (χ3v) is 2.64. The van der Waals surface area contributed by atoms with E-state index in [1.54, 1.807) is 25.9 Å². The van der Waals surface area contributed by atoms with Crippen LogP contribution >= 0.6 is 0 Å². The molecule has 1 saturated carbocycles. The predicted octanol–water partition coefficient (Wildman–Crippen LogP) is 0.743. The third-order valence-electron chi connectivity index (χ3n) is 2.64. The van der Waals surface area contributed by atoms with Crippen molar-refractivity contribution >= 4 is 11.8 Å². The van der Waals surface area contributed by atoms with E-state index < -0.39 is 11.6 Å². The predicted molar refractivity (Wildman–Crippen MR) is 62.4 cm³/mol. The number of carbonyl (C=O) groups is 2. The molecule has 0 unspecified atom stereocenters. The van der Waals surface area contributed by atoms with Gasteiger partial charge in [-0.15, -0.1) is 0 Å². The number of nitrogens with zero attached hydrogens (tertiary/aromatic N) is 1. The Balaban J connectivity index is 2.91. The molecule has 5 nitrogen and oxygen atoms in total. The number of methoxy groups -OCH3 is 1. The summed E-state index contributed by atoms with van der Waals surface area (Å²) in [5, 5.41) is 0. The zero-order valence-electron chi connectivity index (χ0n) is 10.8. The Morgan fingerprint density at radius 3 is 2.29 bits per heavy atom. The fraction of sp³-hybridized carbons (Fsp3) is 0.667. The van der Waals surface area contributed by atoms with Crippen LogP contribution in [-0.4, -0.2) is 50.1 Å². The van der Waals surface area contributed by atoms with Crippen LogP contribution in [0.1, 0.15) is 19.8 Å². The highest BCUT2D eigenvalue weighted by atomic mass is 16.5. The summed E-state index contributed by atoms with van der Waals surface area (Å²) in [6.07, 6.45) is 2.80. The molecule has 0 N–H and O–H groups in total. The number of hydrogen-bond acceptors (Lipinski definition) is 5. The van der Waals surface area contributed by atoms with Crippen molar-refractivity contribution in [2.24, 2.45) is 0 Å². The van der Waals surface area contributed by atoms with Crippen LogP contribution < -0.4 is 0 Å². The fourth-order valence-corrected chi connectivity index (χ4v) is 1.55. The van der Waals surface area contributed by atoms with Crippen LogP contribution in [0.4, 0.5) is 0 Å². The standard InChI is InChI=1S/C12H19NO4/c1-5-17-11(15)9(8-13(2)3)10(14)12(16-4)6-7-12/h8H,5-7H2,1-4H3/b9-8-. The minimum absolute atomic E-state index is 0.0520. The molecule has 5 heteroatoms. The summed E-state index contributed by atoms with van der Waals surface area (Å²) >= 11 is 0. The second-order valence-electron chi connectivity index (χ2n) is 4.25. The van der Waals surface area contributed by atoms with E-state index in [2.05, 4.69) is 0 Å². The number of ether oxygens (including phenoxy) is 2. The van der Waals surface area contributed by atoms with Crippen molar-refractivity contribution in [2.75, 3.05) is 27.8 Å². The van der Waals surface area contributed by atoms with E-state index in [0.29, 0.717) is 12.8 Å². The first-order valence-corrected chi connectivity index (χ1v) is 5.62. The first-order valence-electron chi connectivity index (χ1n) is 5.62. The maximum absolute atomic E-state index is 12.2. The van der Waals surface area contributed by atoms with Crippen LogP contribution in [0.25, 0.3) is 0 Å². The fourth-order valence-electron chi connectivity index (χ4n) is 1.55. The van der Waals surface area contributed by atoms with Gasteiger partial charge in [0.25, 0.3) is 0 Å². The molecule has 0 bridgehead atoms. The van der Waals surface area contributed by atoms with Crippen LogP contribution in [0.3, 0.4) is 0 Å². The van der Waals surface area contributed by atoms with Crippen molar-refractivity contribution in [3.63, 3.8) is 0 Å². The molecule has 0 aliphatic heterocycles. The smallest absolute Gasteiger partial charge is 0.343 e. The molecule has 0 radical (unpaired) electrons. The molecular weight excluding hydrogens is 222 g/mol. The van der Waals surface area contributed by atoms with Crippen molar-refractivity contribution in [3.8, 4) is 0 Å². The van der Waals surface area contributed by atoms with E-state index in [4.69, 9.17) is 9.47 Å². The van der Waals surface area contributed by atoms with E-state index in [1.165, 1.54) is 13.3 Å². The topological polar surface area (TPSA) is 55.8 Å². The number of rotatable bonds is 6. The minimum Gasteiger partial charge on any atom is -0.462 e. The molecule has 0 aromatic heterocycles. The molecule has 0 amide bonds. The molecule has 0 aromatic rings. The highest BCUT2D eigenvalue weighted by molar-refractivity contribution is 6.21. The molecule has 1 aliphatic carbocycles. The van der Waals surface area contributed by atoms with Gasteiger partial charge in [-0.1, -0.05) is 0 Å². The summed E-state index contributed by atoms with van der Waals surface area (Å²) in [7, 11) is 4.99. The number of ketones is 1. The minimum atomic E-state index is -0.797. The van der Waals surface area contributed by atoms with Crippen LogP contribution in [0, 0.1) is 0 Å².